The lowest BCUT2D eigenvalue weighted by molar-refractivity contribution is 0.103. The molecule has 24 heavy (non-hydrogen) atoms. The van der Waals surface area contributed by atoms with E-state index in [0.717, 1.165) is 34.1 Å². The molecule has 0 fully saturated rings. The Labute approximate surface area is 146 Å². The third-order valence-electron chi connectivity index (χ3n) is 4.10. The molecule has 0 aliphatic rings. The zero-order valence-corrected chi connectivity index (χ0v) is 15.2. The Kier molecular flexibility index (Phi) is 4.53. The Hall–Kier alpha value is -2.40. The Morgan fingerprint density at radius 3 is 2.54 bits per heavy atom. The molecule has 0 radical (unpaired) electrons. The third kappa shape index (κ3) is 2.99. The van der Waals surface area contributed by atoms with Crippen LogP contribution in [0.3, 0.4) is 0 Å². The summed E-state index contributed by atoms with van der Waals surface area (Å²) in [6.45, 7) is 8.05. The van der Waals surface area contributed by atoms with E-state index in [2.05, 4.69) is 24.3 Å². The van der Waals surface area contributed by atoms with Crippen LogP contribution in [0.25, 0.3) is 5.69 Å². The second-order valence-electron chi connectivity index (χ2n) is 5.82. The monoisotopic (exact) mass is 339 g/mol. The summed E-state index contributed by atoms with van der Waals surface area (Å²) >= 11 is 1.56. The van der Waals surface area contributed by atoms with Crippen molar-refractivity contribution in [2.45, 2.75) is 34.1 Å². The molecule has 5 heteroatoms. The topological polar surface area (TPSA) is 46.9 Å². The minimum atomic E-state index is -0.0680. The fourth-order valence-corrected chi connectivity index (χ4v) is 3.81. The number of hydrogen-bond donors (Lipinski definition) is 1. The van der Waals surface area contributed by atoms with Crippen molar-refractivity contribution in [3.8, 4) is 5.69 Å². The summed E-state index contributed by atoms with van der Waals surface area (Å²) in [5.41, 5.74) is 4.69. The normalized spacial score (nSPS) is 10.8. The van der Waals surface area contributed by atoms with Crippen molar-refractivity contribution in [1.29, 1.82) is 0 Å². The van der Waals surface area contributed by atoms with E-state index in [0.29, 0.717) is 0 Å². The van der Waals surface area contributed by atoms with Gasteiger partial charge in [-0.2, -0.15) is 5.10 Å². The summed E-state index contributed by atoms with van der Waals surface area (Å²) < 4.78 is 1.86. The first-order chi connectivity index (χ1) is 11.5. The lowest BCUT2D eigenvalue weighted by Crippen LogP contribution is -2.11. The average molecular weight is 339 g/mol. The number of hydrogen-bond acceptors (Lipinski definition) is 3. The molecular weight excluding hydrogens is 318 g/mol. The Bertz CT molecular complexity index is 878. The quantitative estimate of drug-likeness (QED) is 0.750. The number of carbonyl (C=O) groups excluding carboxylic acids is 1. The predicted octanol–water partition coefficient (Wildman–Crippen LogP) is 4.67. The molecule has 2 heterocycles. The van der Waals surface area contributed by atoms with Crippen LogP contribution in [0.1, 0.15) is 38.4 Å². The fraction of sp³-hybridized carbons (Fsp3) is 0.263. The van der Waals surface area contributed by atoms with Crippen molar-refractivity contribution in [2.24, 2.45) is 0 Å². The lowest BCUT2D eigenvalue weighted by atomic mass is 10.2. The van der Waals surface area contributed by atoms with Crippen LogP contribution in [0.4, 0.5) is 5.69 Å². The van der Waals surface area contributed by atoms with E-state index in [-0.39, 0.29) is 5.91 Å². The third-order valence-corrected chi connectivity index (χ3v) is 5.48. The summed E-state index contributed by atoms with van der Waals surface area (Å²) in [4.78, 5) is 14.6. The second kappa shape index (κ2) is 6.61. The number of aryl methyl sites for hydroxylation is 3. The molecule has 0 atom stereocenters. The number of thiophene rings is 1. The fourth-order valence-electron chi connectivity index (χ4n) is 2.80. The smallest absolute Gasteiger partial charge is 0.265 e. The van der Waals surface area contributed by atoms with Gasteiger partial charge in [0.2, 0.25) is 0 Å². The molecule has 4 nitrogen and oxygen atoms in total. The number of aromatic nitrogens is 2. The van der Waals surface area contributed by atoms with Gasteiger partial charge in [-0.1, -0.05) is 25.1 Å². The molecule has 0 saturated heterocycles. The molecule has 3 aromatic rings. The molecule has 0 unspecified atom stereocenters. The zero-order chi connectivity index (χ0) is 17.3. The van der Waals surface area contributed by atoms with E-state index in [1.807, 2.05) is 54.9 Å². The van der Waals surface area contributed by atoms with Crippen molar-refractivity contribution >= 4 is 22.9 Å². The largest absolute Gasteiger partial charge is 0.318 e. The minimum absolute atomic E-state index is 0.0680. The highest BCUT2D eigenvalue weighted by Crippen LogP contribution is 2.26. The lowest BCUT2D eigenvalue weighted by Gasteiger charge is -2.06. The van der Waals surface area contributed by atoms with Gasteiger partial charge in [-0.05, 0) is 51.0 Å². The van der Waals surface area contributed by atoms with Crippen molar-refractivity contribution in [2.75, 3.05) is 5.32 Å². The number of para-hydroxylation sites is 1. The number of nitrogens with one attached hydrogen (secondary N) is 1. The molecule has 1 amide bonds. The first-order valence-electron chi connectivity index (χ1n) is 8.03. The molecule has 0 saturated carbocycles. The maximum atomic E-state index is 12.6. The molecule has 3 rings (SSSR count). The van der Waals surface area contributed by atoms with Gasteiger partial charge < -0.3 is 5.32 Å². The van der Waals surface area contributed by atoms with E-state index in [9.17, 15) is 4.79 Å². The number of benzene rings is 1. The predicted molar refractivity (Wildman–Crippen MR) is 99.4 cm³/mol. The van der Waals surface area contributed by atoms with Crippen LogP contribution in [0.15, 0.2) is 36.4 Å². The highest BCUT2D eigenvalue weighted by Gasteiger charge is 2.18. The van der Waals surface area contributed by atoms with Crippen LogP contribution in [-0.4, -0.2) is 15.7 Å². The number of rotatable bonds is 4. The highest BCUT2D eigenvalue weighted by atomic mass is 32.1. The van der Waals surface area contributed by atoms with E-state index < -0.39 is 0 Å². The summed E-state index contributed by atoms with van der Waals surface area (Å²) in [7, 11) is 0. The zero-order valence-electron chi connectivity index (χ0n) is 14.4. The van der Waals surface area contributed by atoms with Crippen molar-refractivity contribution in [3.63, 3.8) is 0 Å². The van der Waals surface area contributed by atoms with Gasteiger partial charge in [0, 0.05) is 4.88 Å². The number of anilines is 1. The maximum absolute atomic E-state index is 12.6. The standard InChI is InChI=1S/C19H21N3OS/c1-5-16-12(2)11-17(24-16)19(23)20-18-13(3)21-22(14(18)4)15-9-7-6-8-10-15/h6-11H,5H2,1-4H3,(H,20,23). The van der Waals surface area contributed by atoms with Gasteiger partial charge in [0.05, 0.1) is 27.6 Å². The van der Waals surface area contributed by atoms with E-state index in [4.69, 9.17) is 0 Å². The Morgan fingerprint density at radius 1 is 1.21 bits per heavy atom. The van der Waals surface area contributed by atoms with E-state index >= 15 is 0 Å². The molecule has 0 bridgehead atoms. The number of nitrogens with zero attached hydrogens (tertiary/aromatic N) is 2. The molecule has 0 spiro atoms. The van der Waals surface area contributed by atoms with Gasteiger partial charge in [-0.15, -0.1) is 11.3 Å². The SMILES string of the molecule is CCc1sc(C(=O)Nc2c(C)nn(-c3ccccc3)c2C)cc1C. The van der Waals surface area contributed by atoms with Gasteiger partial charge in [-0.25, -0.2) is 4.68 Å². The average Bonchev–Trinajstić information content (AvgIpc) is 3.10. The molecular formula is C19H21N3OS. The number of carbonyl (C=O) groups is 1. The van der Waals surface area contributed by atoms with Crippen LogP contribution in [0.2, 0.25) is 0 Å². The summed E-state index contributed by atoms with van der Waals surface area (Å²) in [5.74, 6) is -0.0680. The maximum Gasteiger partial charge on any atom is 0.265 e. The van der Waals surface area contributed by atoms with Crippen molar-refractivity contribution in [3.05, 3.63) is 63.1 Å². The van der Waals surface area contributed by atoms with Gasteiger partial charge in [-0.3, -0.25) is 4.79 Å². The van der Waals surface area contributed by atoms with Crippen molar-refractivity contribution in [1.82, 2.24) is 9.78 Å². The molecule has 1 N–H and O–H groups in total. The van der Waals surface area contributed by atoms with Crippen LogP contribution < -0.4 is 5.32 Å². The van der Waals surface area contributed by atoms with Crippen molar-refractivity contribution < 1.29 is 4.79 Å². The first-order valence-corrected chi connectivity index (χ1v) is 8.85. The first kappa shape index (κ1) is 16.5. The van der Waals surface area contributed by atoms with Crippen LogP contribution in [0, 0.1) is 20.8 Å². The Balaban J connectivity index is 1.90. The van der Waals surface area contributed by atoms with Gasteiger partial charge >= 0.3 is 0 Å². The van der Waals surface area contributed by atoms with Gasteiger partial charge in [0.25, 0.3) is 5.91 Å². The highest BCUT2D eigenvalue weighted by molar-refractivity contribution is 7.14. The van der Waals surface area contributed by atoms with Crippen LogP contribution >= 0.6 is 11.3 Å². The second-order valence-corrected chi connectivity index (χ2v) is 6.95. The summed E-state index contributed by atoms with van der Waals surface area (Å²) in [5, 5.41) is 7.61. The Morgan fingerprint density at radius 2 is 1.92 bits per heavy atom. The minimum Gasteiger partial charge on any atom is -0.318 e. The molecule has 1 aromatic carbocycles. The van der Waals surface area contributed by atoms with E-state index in [1.54, 1.807) is 11.3 Å². The molecule has 2 aromatic heterocycles. The van der Waals surface area contributed by atoms with Crippen LogP contribution in [0.5, 0.6) is 0 Å². The number of amides is 1. The van der Waals surface area contributed by atoms with Gasteiger partial charge in [0.15, 0.2) is 0 Å². The molecule has 124 valence electrons. The van der Waals surface area contributed by atoms with Crippen LogP contribution in [-0.2, 0) is 6.42 Å². The summed E-state index contributed by atoms with van der Waals surface area (Å²) in [6, 6.07) is 11.9. The molecule has 0 aliphatic heterocycles. The molecule has 0 aliphatic carbocycles. The van der Waals surface area contributed by atoms with Gasteiger partial charge in [0.1, 0.15) is 0 Å². The van der Waals surface area contributed by atoms with E-state index in [1.165, 1.54) is 10.4 Å². The summed E-state index contributed by atoms with van der Waals surface area (Å²) in [6.07, 6.45) is 0.952.